The minimum Gasteiger partial charge on any atom is -0.350 e. The zero-order valence-electron chi connectivity index (χ0n) is 15.4. The highest BCUT2D eigenvalue weighted by atomic mass is 32.2. The Labute approximate surface area is 171 Å². The first kappa shape index (κ1) is 21.9. The Morgan fingerprint density at radius 1 is 1.14 bits per heavy atom. The number of nitrogens with one attached hydrogen (secondary N) is 4. The van der Waals surface area contributed by atoms with Gasteiger partial charge in [0.15, 0.2) is 0 Å². The summed E-state index contributed by atoms with van der Waals surface area (Å²) < 4.78 is 13.6. The lowest BCUT2D eigenvalue weighted by Crippen LogP contribution is -2.35. The number of rotatable bonds is 8. The normalized spacial score (nSPS) is 9.97. The van der Waals surface area contributed by atoms with Crippen molar-refractivity contribution in [1.82, 2.24) is 25.9 Å². The SMILES string of the molecule is C#CC(=O)NCCNC(=O)c1cc(C)nc(C(=O)NNSc2ccccc2F)c1. The number of nitrogens with zero attached hydrogens (tertiary/aromatic N) is 1. The summed E-state index contributed by atoms with van der Waals surface area (Å²) >= 11 is 0.890. The Morgan fingerprint density at radius 3 is 2.59 bits per heavy atom. The highest BCUT2D eigenvalue weighted by Crippen LogP contribution is 2.17. The Bertz CT molecular complexity index is 961. The standard InChI is InChI=1S/C19H18FN5O3S/c1-3-17(26)21-8-9-22-18(27)13-10-12(2)23-15(11-13)19(28)24-25-29-16-7-5-4-6-14(16)20/h1,4-7,10-11,25H,8-9H2,2H3,(H,21,26)(H,22,27)(H,24,28). The van der Waals surface area contributed by atoms with E-state index in [9.17, 15) is 18.8 Å². The number of pyridine rings is 1. The highest BCUT2D eigenvalue weighted by Gasteiger charge is 2.13. The molecule has 0 aliphatic heterocycles. The van der Waals surface area contributed by atoms with Crippen molar-refractivity contribution in [2.75, 3.05) is 13.1 Å². The number of hydrazine groups is 1. The maximum absolute atomic E-state index is 13.6. The number of aromatic nitrogens is 1. The van der Waals surface area contributed by atoms with E-state index in [1.165, 1.54) is 18.2 Å². The van der Waals surface area contributed by atoms with Gasteiger partial charge in [-0.1, -0.05) is 12.1 Å². The average Bonchev–Trinajstić information content (AvgIpc) is 2.71. The molecule has 0 fully saturated rings. The molecule has 0 saturated carbocycles. The summed E-state index contributed by atoms with van der Waals surface area (Å²) in [6, 6.07) is 8.93. The van der Waals surface area contributed by atoms with E-state index in [2.05, 4.69) is 25.9 Å². The molecule has 0 spiro atoms. The fourth-order valence-electron chi connectivity index (χ4n) is 2.14. The molecule has 2 aromatic rings. The summed E-state index contributed by atoms with van der Waals surface area (Å²) in [6.45, 7) is 1.97. The Kier molecular flexibility index (Phi) is 8.14. The maximum atomic E-state index is 13.6. The second kappa shape index (κ2) is 10.8. The van der Waals surface area contributed by atoms with Crippen LogP contribution in [0.5, 0.6) is 0 Å². The summed E-state index contributed by atoms with van der Waals surface area (Å²) in [5.41, 5.74) is 3.09. The van der Waals surface area contributed by atoms with E-state index in [1.54, 1.807) is 25.1 Å². The predicted molar refractivity (Wildman–Crippen MR) is 106 cm³/mol. The van der Waals surface area contributed by atoms with Crippen LogP contribution >= 0.6 is 11.9 Å². The minimum atomic E-state index is -0.590. The lowest BCUT2D eigenvalue weighted by molar-refractivity contribution is -0.115. The van der Waals surface area contributed by atoms with Crippen molar-refractivity contribution < 1.29 is 18.8 Å². The molecule has 0 aliphatic rings. The minimum absolute atomic E-state index is 0.0115. The summed E-state index contributed by atoms with van der Waals surface area (Å²) in [5.74, 6) is -0.125. The van der Waals surface area contributed by atoms with E-state index >= 15 is 0 Å². The van der Waals surface area contributed by atoms with Crippen LogP contribution in [-0.4, -0.2) is 35.8 Å². The van der Waals surface area contributed by atoms with Crippen molar-refractivity contribution >= 4 is 29.7 Å². The van der Waals surface area contributed by atoms with Crippen molar-refractivity contribution in [1.29, 1.82) is 0 Å². The van der Waals surface area contributed by atoms with E-state index < -0.39 is 23.5 Å². The lowest BCUT2D eigenvalue weighted by Gasteiger charge is -2.09. The number of hydrogen-bond donors (Lipinski definition) is 4. The fraction of sp³-hybridized carbons (Fsp3) is 0.158. The molecule has 0 saturated heterocycles. The molecule has 0 unspecified atom stereocenters. The molecule has 150 valence electrons. The van der Waals surface area contributed by atoms with Crippen LogP contribution in [0, 0.1) is 25.1 Å². The number of benzene rings is 1. The zero-order chi connectivity index (χ0) is 21.2. The van der Waals surface area contributed by atoms with Crippen LogP contribution in [0.15, 0.2) is 41.3 Å². The third-order valence-electron chi connectivity index (χ3n) is 3.44. The van der Waals surface area contributed by atoms with E-state index in [0.717, 1.165) is 11.9 Å². The summed E-state index contributed by atoms with van der Waals surface area (Å²) in [4.78, 5) is 42.4. The first-order valence-electron chi connectivity index (χ1n) is 8.38. The van der Waals surface area contributed by atoms with Crippen molar-refractivity contribution in [3.63, 3.8) is 0 Å². The van der Waals surface area contributed by atoms with Gasteiger partial charge in [-0.15, -0.1) is 6.42 Å². The van der Waals surface area contributed by atoms with Gasteiger partial charge in [-0.3, -0.25) is 19.8 Å². The van der Waals surface area contributed by atoms with Crippen LogP contribution in [0.3, 0.4) is 0 Å². The largest absolute Gasteiger partial charge is 0.350 e. The molecule has 1 heterocycles. The summed E-state index contributed by atoms with van der Waals surface area (Å²) in [7, 11) is 0. The molecular weight excluding hydrogens is 397 g/mol. The van der Waals surface area contributed by atoms with Crippen molar-refractivity contribution in [2.24, 2.45) is 0 Å². The van der Waals surface area contributed by atoms with Gasteiger partial charge in [0.1, 0.15) is 11.5 Å². The maximum Gasteiger partial charge on any atom is 0.295 e. The topological polar surface area (TPSA) is 112 Å². The quantitative estimate of drug-likeness (QED) is 0.221. The molecule has 0 aliphatic carbocycles. The van der Waals surface area contributed by atoms with E-state index in [1.807, 2.05) is 5.92 Å². The van der Waals surface area contributed by atoms with E-state index in [4.69, 9.17) is 6.42 Å². The molecule has 2 rings (SSSR count). The van der Waals surface area contributed by atoms with Crippen LogP contribution in [0.4, 0.5) is 4.39 Å². The molecule has 4 N–H and O–H groups in total. The van der Waals surface area contributed by atoms with Gasteiger partial charge in [0.25, 0.3) is 17.7 Å². The van der Waals surface area contributed by atoms with E-state index in [-0.39, 0.29) is 24.3 Å². The second-order valence-corrected chi connectivity index (χ2v) is 6.48. The zero-order valence-corrected chi connectivity index (χ0v) is 16.2. The van der Waals surface area contributed by atoms with Crippen molar-refractivity contribution in [2.45, 2.75) is 11.8 Å². The van der Waals surface area contributed by atoms with Crippen molar-refractivity contribution in [3.8, 4) is 12.3 Å². The van der Waals surface area contributed by atoms with Crippen LogP contribution < -0.4 is 20.9 Å². The Balaban J connectivity index is 1.92. The van der Waals surface area contributed by atoms with E-state index in [0.29, 0.717) is 10.6 Å². The number of amides is 3. The third kappa shape index (κ3) is 6.91. The van der Waals surface area contributed by atoms with Gasteiger partial charge in [0.05, 0.1) is 4.90 Å². The Morgan fingerprint density at radius 2 is 1.86 bits per heavy atom. The molecule has 10 heteroatoms. The molecule has 0 atom stereocenters. The fourth-order valence-corrected chi connectivity index (χ4v) is 2.71. The molecule has 1 aromatic carbocycles. The molecular formula is C19H18FN5O3S. The molecule has 0 bridgehead atoms. The van der Waals surface area contributed by atoms with Gasteiger partial charge in [-0.25, -0.2) is 9.37 Å². The second-order valence-electron chi connectivity index (χ2n) is 5.63. The van der Waals surface area contributed by atoms with Gasteiger partial charge >= 0.3 is 0 Å². The first-order chi connectivity index (χ1) is 13.9. The summed E-state index contributed by atoms with van der Waals surface area (Å²) in [6.07, 6.45) is 4.92. The van der Waals surface area contributed by atoms with Crippen LogP contribution in [-0.2, 0) is 4.79 Å². The van der Waals surface area contributed by atoms with Gasteiger partial charge in [0, 0.05) is 24.3 Å². The monoisotopic (exact) mass is 415 g/mol. The molecule has 3 amide bonds. The van der Waals surface area contributed by atoms with Gasteiger partial charge in [-0.05, 0) is 49.1 Å². The first-order valence-corrected chi connectivity index (χ1v) is 9.20. The van der Waals surface area contributed by atoms with Crippen molar-refractivity contribution in [3.05, 3.63) is 59.2 Å². The molecule has 1 aromatic heterocycles. The molecule has 29 heavy (non-hydrogen) atoms. The number of hydrogen-bond acceptors (Lipinski definition) is 6. The number of aryl methyl sites for hydroxylation is 1. The smallest absolute Gasteiger partial charge is 0.295 e. The summed E-state index contributed by atoms with van der Waals surface area (Å²) in [5, 5.41) is 5.02. The average molecular weight is 415 g/mol. The predicted octanol–water partition coefficient (Wildman–Crippen LogP) is 0.950. The molecule has 0 radical (unpaired) electrons. The van der Waals surface area contributed by atoms with Crippen LogP contribution in [0.1, 0.15) is 26.5 Å². The molecule has 8 nitrogen and oxygen atoms in total. The number of carbonyl (C=O) groups excluding carboxylic acids is 3. The van der Waals surface area contributed by atoms with Crippen LogP contribution in [0.2, 0.25) is 0 Å². The highest BCUT2D eigenvalue weighted by molar-refractivity contribution is 7.97. The van der Waals surface area contributed by atoms with Gasteiger partial charge in [-0.2, -0.15) is 4.83 Å². The number of halogens is 1. The lowest BCUT2D eigenvalue weighted by atomic mass is 10.1. The number of carbonyl (C=O) groups is 3. The van der Waals surface area contributed by atoms with Crippen LogP contribution in [0.25, 0.3) is 0 Å². The van der Waals surface area contributed by atoms with Gasteiger partial charge < -0.3 is 10.6 Å². The third-order valence-corrected chi connectivity index (χ3v) is 4.19. The Hall–Kier alpha value is -3.42. The van der Waals surface area contributed by atoms with Gasteiger partial charge in [0.2, 0.25) is 0 Å². The number of terminal acetylenes is 1.